The number of benzene rings is 2. The first-order valence-corrected chi connectivity index (χ1v) is 6.52. The molecule has 0 fully saturated rings. The average Bonchev–Trinajstić information content (AvgIpc) is 2.43. The van der Waals surface area contributed by atoms with Crippen LogP contribution in [0.5, 0.6) is 11.5 Å². The molecule has 3 N–H and O–H groups in total. The summed E-state index contributed by atoms with van der Waals surface area (Å²) in [5.41, 5.74) is 6.62. The van der Waals surface area contributed by atoms with Gasteiger partial charge in [-0.05, 0) is 42.8 Å². The highest BCUT2D eigenvalue weighted by molar-refractivity contribution is 9.10. The van der Waals surface area contributed by atoms with E-state index in [0.29, 0.717) is 11.5 Å². The molecule has 6 heteroatoms. The SMILES string of the molecule is Cc1ccc(Br)cc1Oc1ccc(F)cc1/C(N)=N/O. The lowest BCUT2D eigenvalue weighted by molar-refractivity contribution is 0.318. The van der Waals surface area contributed by atoms with Crippen molar-refractivity contribution >= 4 is 21.8 Å². The van der Waals surface area contributed by atoms with Crippen molar-refractivity contribution in [2.24, 2.45) is 10.9 Å². The summed E-state index contributed by atoms with van der Waals surface area (Å²) in [6.45, 7) is 1.88. The summed E-state index contributed by atoms with van der Waals surface area (Å²) in [5, 5.41) is 11.6. The highest BCUT2D eigenvalue weighted by Crippen LogP contribution is 2.30. The van der Waals surface area contributed by atoms with Crippen molar-refractivity contribution in [1.82, 2.24) is 0 Å². The van der Waals surface area contributed by atoms with Crippen molar-refractivity contribution < 1.29 is 14.3 Å². The maximum atomic E-state index is 13.3. The van der Waals surface area contributed by atoms with Crippen LogP contribution in [0.2, 0.25) is 0 Å². The van der Waals surface area contributed by atoms with Crippen LogP contribution < -0.4 is 10.5 Å². The Balaban J connectivity index is 2.46. The summed E-state index contributed by atoms with van der Waals surface area (Å²) in [4.78, 5) is 0. The first-order chi connectivity index (χ1) is 9.51. The molecule has 0 aliphatic heterocycles. The first kappa shape index (κ1) is 14.3. The molecule has 20 heavy (non-hydrogen) atoms. The Morgan fingerprint density at radius 2 is 2.00 bits per heavy atom. The lowest BCUT2D eigenvalue weighted by Gasteiger charge is -2.12. The molecule has 0 amide bonds. The predicted octanol–water partition coefficient (Wildman–Crippen LogP) is 3.78. The standard InChI is InChI=1S/C14H12BrFN2O2/c1-8-2-3-9(15)6-13(8)20-12-5-4-10(16)7-11(12)14(17)18-19/h2-7,19H,1H3,(H2,17,18). The van der Waals surface area contributed by atoms with Crippen LogP contribution in [-0.4, -0.2) is 11.0 Å². The summed E-state index contributed by atoms with van der Waals surface area (Å²) in [6.07, 6.45) is 0. The Bertz CT molecular complexity index is 674. The fourth-order valence-corrected chi connectivity index (χ4v) is 1.99. The van der Waals surface area contributed by atoms with Crippen molar-refractivity contribution in [3.8, 4) is 11.5 Å². The molecule has 0 aromatic heterocycles. The van der Waals surface area contributed by atoms with Gasteiger partial charge >= 0.3 is 0 Å². The Kier molecular flexibility index (Phi) is 4.24. The number of nitrogens with zero attached hydrogens (tertiary/aromatic N) is 1. The molecule has 2 aromatic rings. The van der Waals surface area contributed by atoms with Crippen LogP contribution in [0.4, 0.5) is 4.39 Å². The molecule has 0 aliphatic carbocycles. The molecule has 0 saturated carbocycles. The Hall–Kier alpha value is -2.08. The number of amidine groups is 1. The highest BCUT2D eigenvalue weighted by Gasteiger charge is 2.12. The van der Waals surface area contributed by atoms with E-state index >= 15 is 0 Å². The van der Waals surface area contributed by atoms with Gasteiger partial charge in [-0.2, -0.15) is 0 Å². The maximum absolute atomic E-state index is 13.3. The minimum atomic E-state index is -0.495. The molecule has 0 atom stereocenters. The van der Waals surface area contributed by atoms with Gasteiger partial charge in [-0.3, -0.25) is 0 Å². The van der Waals surface area contributed by atoms with Gasteiger partial charge in [-0.25, -0.2) is 4.39 Å². The molecule has 0 saturated heterocycles. The molecular formula is C14H12BrFN2O2. The van der Waals surface area contributed by atoms with E-state index < -0.39 is 5.82 Å². The average molecular weight is 339 g/mol. The quantitative estimate of drug-likeness (QED) is 0.387. The lowest BCUT2D eigenvalue weighted by atomic mass is 10.1. The molecule has 0 bridgehead atoms. The zero-order chi connectivity index (χ0) is 14.7. The van der Waals surface area contributed by atoms with E-state index in [1.54, 1.807) is 6.07 Å². The van der Waals surface area contributed by atoms with Crippen molar-refractivity contribution in [2.45, 2.75) is 6.92 Å². The largest absolute Gasteiger partial charge is 0.456 e. The van der Waals surface area contributed by atoms with Crippen molar-refractivity contribution in [3.63, 3.8) is 0 Å². The second kappa shape index (κ2) is 5.92. The van der Waals surface area contributed by atoms with Gasteiger partial charge in [0.05, 0.1) is 5.56 Å². The smallest absolute Gasteiger partial charge is 0.173 e. The number of hydrogen-bond acceptors (Lipinski definition) is 3. The van der Waals surface area contributed by atoms with Gasteiger partial charge < -0.3 is 15.7 Å². The predicted molar refractivity (Wildman–Crippen MR) is 77.9 cm³/mol. The van der Waals surface area contributed by atoms with E-state index in [2.05, 4.69) is 21.1 Å². The Morgan fingerprint density at radius 3 is 2.70 bits per heavy atom. The second-order valence-corrected chi connectivity index (χ2v) is 5.05. The summed E-state index contributed by atoms with van der Waals surface area (Å²) in [5.74, 6) is 0.193. The monoisotopic (exact) mass is 338 g/mol. The summed E-state index contributed by atoms with van der Waals surface area (Å²) >= 11 is 3.35. The van der Waals surface area contributed by atoms with Crippen LogP contribution in [0.1, 0.15) is 11.1 Å². The number of hydrogen-bond donors (Lipinski definition) is 2. The third kappa shape index (κ3) is 3.08. The fourth-order valence-electron chi connectivity index (χ4n) is 1.65. The van der Waals surface area contributed by atoms with Crippen LogP contribution >= 0.6 is 15.9 Å². The number of aryl methyl sites for hydroxylation is 1. The van der Waals surface area contributed by atoms with E-state index in [4.69, 9.17) is 15.7 Å². The van der Waals surface area contributed by atoms with Crippen molar-refractivity contribution in [1.29, 1.82) is 0 Å². The van der Waals surface area contributed by atoms with Crippen LogP contribution in [0, 0.1) is 12.7 Å². The van der Waals surface area contributed by atoms with E-state index in [1.807, 2.05) is 19.1 Å². The lowest BCUT2D eigenvalue weighted by Crippen LogP contribution is -2.14. The number of ether oxygens (including phenoxy) is 1. The van der Waals surface area contributed by atoms with Gasteiger partial charge in [0.1, 0.15) is 17.3 Å². The Labute approximate surface area is 123 Å². The molecular weight excluding hydrogens is 327 g/mol. The van der Waals surface area contributed by atoms with Crippen LogP contribution in [0.25, 0.3) is 0 Å². The maximum Gasteiger partial charge on any atom is 0.173 e. The zero-order valence-corrected chi connectivity index (χ0v) is 12.2. The first-order valence-electron chi connectivity index (χ1n) is 5.72. The third-order valence-corrected chi connectivity index (χ3v) is 3.19. The van der Waals surface area contributed by atoms with E-state index in [9.17, 15) is 4.39 Å². The summed E-state index contributed by atoms with van der Waals surface area (Å²) in [6, 6.07) is 9.38. The molecule has 4 nitrogen and oxygen atoms in total. The van der Waals surface area contributed by atoms with E-state index in [1.165, 1.54) is 12.1 Å². The fraction of sp³-hybridized carbons (Fsp3) is 0.0714. The molecule has 0 unspecified atom stereocenters. The number of nitrogens with two attached hydrogens (primary N) is 1. The molecule has 0 aliphatic rings. The molecule has 104 valence electrons. The van der Waals surface area contributed by atoms with E-state index in [0.717, 1.165) is 16.1 Å². The van der Waals surface area contributed by atoms with Gasteiger partial charge in [-0.15, -0.1) is 0 Å². The minimum Gasteiger partial charge on any atom is -0.456 e. The van der Waals surface area contributed by atoms with Gasteiger partial charge in [0.25, 0.3) is 0 Å². The molecule has 2 aromatic carbocycles. The zero-order valence-electron chi connectivity index (χ0n) is 10.6. The van der Waals surface area contributed by atoms with Crippen LogP contribution in [0.3, 0.4) is 0 Å². The topological polar surface area (TPSA) is 67.8 Å². The molecule has 0 spiro atoms. The minimum absolute atomic E-state index is 0.187. The van der Waals surface area contributed by atoms with Gasteiger partial charge in [-0.1, -0.05) is 27.2 Å². The van der Waals surface area contributed by atoms with Crippen LogP contribution in [0.15, 0.2) is 46.0 Å². The van der Waals surface area contributed by atoms with Crippen LogP contribution in [-0.2, 0) is 0 Å². The normalized spacial score (nSPS) is 11.4. The molecule has 0 heterocycles. The molecule has 2 rings (SSSR count). The number of oxime groups is 1. The number of rotatable bonds is 3. The highest BCUT2D eigenvalue weighted by atomic mass is 79.9. The van der Waals surface area contributed by atoms with Gasteiger partial charge in [0.2, 0.25) is 0 Å². The summed E-state index contributed by atoms with van der Waals surface area (Å²) in [7, 11) is 0. The molecule has 0 radical (unpaired) electrons. The van der Waals surface area contributed by atoms with Gasteiger partial charge in [0.15, 0.2) is 5.84 Å². The van der Waals surface area contributed by atoms with Crippen molar-refractivity contribution in [2.75, 3.05) is 0 Å². The third-order valence-electron chi connectivity index (χ3n) is 2.70. The summed E-state index contributed by atoms with van der Waals surface area (Å²) < 4.78 is 19.9. The van der Waals surface area contributed by atoms with E-state index in [-0.39, 0.29) is 11.4 Å². The van der Waals surface area contributed by atoms with Gasteiger partial charge in [0, 0.05) is 4.47 Å². The Morgan fingerprint density at radius 1 is 1.25 bits per heavy atom. The number of halogens is 2. The van der Waals surface area contributed by atoms with Crippen molar-refractivity contribution in [3.05, 3.63) is 57.8 Å². The second-order valence-electron chi connectivity index (χ2n) is 4.14.